The molecular weight excluding hydrogens is 194 g/mol. The molecule has 4 heteroatoms. The lowest BCUT2D eigenvalue weighted by Gasteiger charge is -2.26. The monoisotopic (exact) mass is 213 g/mol. The first-order valence-electron chi connectivity index (χ1n) is 5.50. The summed E-state index contributed by atoms with van der Waals surface area (Å²) in [5, 5.41) is 2.88. The van der Waals surface area contributed by atoms with Gasteiger partial charge in [-0.1, -0.05) is 6.92 Å². The second kappa shape index (κ2) is 5.73. The van der Waals surface area contributed by atoms with Crippen molar-refractivity contribution in [2.45, 2.75) is 45.6 Å². The molecule has 1 aliphatic rings. The van der Waals surface area contributed by atoms with Gasteiger partial charge >= 0.3 is 5.97 Å². The Balaban J connectivity index is 2.17. The number of esters is 1. The lowest BCUT2D eigenvalue weighted by molar-refractivity contribution is -0.146. The average molecular weight is 213 g/mol. The smallest absolute Gasteiger partial charge is 0.303 e. The van der Waals surface area contributed by atoms with E-state index in [0.717, 1.165) is 18.8 Å². The van der Waals surface area contributed by atoms with Gasteiger partial charge in [0, 0.05) is 13.0 Å². The molecule has 0 unspecified atom stereocenters. The van der Waals surface area contributed by atoms with Crippen molar-refractivity contribution in [2.24, 2.45) is 5.92 Å². The summed E-state index contributed by atoms with van der Waals surface area (Å²) in [5.41, 5.74) is 0. The SMILES string of the molecule is CC(=O)OCC(=O)N[C@H]1CC[C@@H](C)CC1. The van der Waals surface area contributed by atoms with E-state index in [1.54, 1.807) is 0 Å². The minimum Gasteiger partial charge on any atom is -0.456 e. The Morgan fingerprint density at radius 1 is 1.27 bits per heavy atom. The minimum atomic E-state index is -0.414. The summed E-state index contributed by atoms with van der Waals surface area (Å²) in [7, 11) is 0. The van der Waals surface area contributed by atoms with E-state index in [2.05, 4.69) is 17.0 Å². The summed E-state index contributed by atoms with van der Waals surface area (Å²) in [6.45, 7) is 3.38. The molecule has 1 amide bonds. The molecule has 4 nitrogen and oxygen atoms in total. The molecule has 15 heavy (non-hydrogen) atoms. The quantitative estimate of drug-likeness (QED) is 0.718. The van der Waals surface area contributed by atoms with E-state index in [1.165, 1.54) is 19.8 Å². The van der Waals surface area contributed by atoms with Crippen molar-refractivity contribution in [2.75, 3.05) is 6.61 Å². The first kappa shape index (κ1) is 12.0. The maximum Gasteiger partial charge on any atom is 0.303 e. The Morgan fingerprint density at radius 3 is 2.40 bits per heavy atom. The van der Waals surface area contributed by atoms with Gasteiger partial charge in [0.2, 0.25) is 0 Å². The summed E-state index contributed by atoms with van der Waals surface area (Å²) in [5.74, 6) is 0.166. The minimum absolute atomic E-state index is 0.151. The van der Waals surface area contributed by atoms with Crippen molar-refractivity contribution in [1.29, 1.82) is 0 Å². The lowest BCUT2D eigenvalue weighted by Crippen LogP contribution is -2.39. The molecular formula is C11H19NO3. The predicted octanol–water partition coefficient (Wildman–Crippen LogP) is 1.24. The van der Waals surface area contributed by atoms with Gasteiger partial charge in [-0.25, -0.2) is 0 Å². The zero-order valence-electron chi connectivity index (χ0n) is 9.41. The van der Waals surface area contributed by atoms with E-state index < -0.39 is 5.97 Å². The highest BCUT2D eigenvalue weighted by Gasteiger charge is 2.19. The molecule has 0 bridgehead atoms. The summed E-state index contributed by atoms with van der Waals surface area (Å²) < 4.78 is 4.62. The molecule has 0 aromatic heterocycles. The van der Waals surface area contributed by atoms with Crippen LogP contribution in [-0.4, -0.2) is 24.5 Å². The van der Waals surface area contributed by atoms with Gasteiger partial charge in [-0.05, 0) is 31.6 Å². The summed E-state index contributed by atoms with van der Waals surface area (Å²) in [6.07, 6.45) is 4.40. The molecule has 0 atom stereocenters. The Hall–Kier alpha value is -1.06. The molecule has 1 aliphatic carbocycles. The third-order valence-corrected chi connectivity index (χ3v) is 2.79. The zero-order valence-corrected chi connectivity index (χ0v) is 9.41. The van der Waals surface area contributed by atoms with Crippen LogP contribution in [0.3, 0.4) is 0 Å². The maximum atomic E-state index is 11.3. The van der Waals surface area contributed by atoms with E-state index >= 15 is 0 Å². The zero-order chi connectivity index (χ0) is 11.3. The van der Waals surface area contributed by atoms with Gasteiger partial charge in [-0.3, -0.25) is 9.59 Å². The van der Waals surface area contributed by atoms with Crippen molar-refractivity contribution >= 4 is 11.9 Å². The second-order valence-corrected chi connectivity index (χ2v) is 4.30. The van der Waals surface area contributed by atoms with Crippen LogP contribution in [0.1, 0.15) is 39.5 Å². The van der Waals surface area contributed by atoms with Crippen LogP contribution >= 0.6 is 0 Å². The molecule has 0 heterocycles. The Morgan fingerprint density at radius 2 is 1.87 bits per heavy atom. The summed E-state index contributed by atoms with van der Waals surface area (Å²) in [4.78, 5) is 21.8. The molecule has 1 N–H and O–H groups in total. The Labute approximate surface area is 90.4 Å². The second-order valence-electron chi connectivity index (χ2n) is 4.30. The van der Waals surface area contributed by atoms with Crippen LogP contribution < -0.4 is 5.32 Å². The average Bonchev–Trinajstić information content (AvgIpc) is 2.19. The highest BCUT2D eigenvalue weighted by molar-refractivity contribution is 5.80. The van der Waals surface area contributed by atoms with Gasteiger partial charge in [0.05, 0.1) is 0 Å². The van der Waals surface area contributed by atoms with E-state index in [9.17, 15) is 9.59 Å². The van der Waals surface area contributed by atoms with Gasteiger partial charge in [0.1, 0.15) is 0 Å². The number of carbonyl (C=O) groups excluding carboxylic acids is 2. The number of ether oxygens (including phenoxy) is 1. The van der Waals surface area contributed by atoms with Crippen molar-refractivity contribution < 1.29 is 14.3 Å². The number of rotatable bonds is 3. The van der Waals surface area contributed by atoms with Crippen molar-refractivity contribution in [3.63, 3.8) is 0 Å². The van der Waals surface area contributed by atoms with Gasteiger partial charge in [-0.15, -0.1) is 0 Å². The van der Waals surface area contributed by atoms with Crippen molar-refractivity contribution in [1.82, 2.24) is 5.32 Å². The molecule has 0 aliphatic heterocycles. The molecule has 0 saturated heterocycles. The van der Waals surface area contributed by atoms with Crippen LogP contribution in [0.15, 0.2) is 0 Å². The van der Waals surface area contributed by atoms with Gasteiger partial charge in [0.25, 0.3) is 5.91 Å². The summed E-state index contributed by atoms with van der Waals surface area (Å²) in [6, 6.07) is 0.268. The van der Waals surface area contributed by atoms with Crippen molar-refractivity contribution in [3.8, 4) is 0 Å². The third-order valence-electron chi connectivity index (χ3n) is 2.79. The maximum absolute atomic E-state index is 11.3. The largest absolute Gasteiger partial charge is 0.456 e. The molecule has 0 aromatic rings. The molecule has 1 saturated carbocycles. The molecule has 1 rings (SSSR count). The standard InChI is InChI=1S/C11H19NO3/c1-8-3-5-10(6-4-8)12-11(14)7-15-9(2)13/h8,10H,3-7H2,1-2H3,(H,12,14)/t8-,10+. The van der Waals surface area contributed by atoms with Crippen LogP contribution in [0.5, 0.6) is 0 Å². The topological polar surface area (TPSA) is 55.4 Å². The summed E-state index contributed by atoms with van der Waals surface area (Å²) >= 11 is 0. The Bertz CT molecular complexity index is 232. The van der Waals surface area contributed by atoms with Crippen LogP contribution in [0, 0.1) is 5.92 Å². The van der Waals surface area contributed by atoms with Crippen molar-refractivity contribution in [3.05, 3.63) is 0 Å². The highest BCUT2D eigenvalue weighted by Crippen LogP contribution is 2.23. The number of hydrogen-bond acceptors (Lipinski definition) is 3. The van der Waals surface area contributed by atoms with E-state index in [1.807, 2.05) is 0 Å². The molecule has 0 spiro atoms. The fourth-order valence-electron chi connectivity index (χ4n) is 1.84. The molecule has 0 radical (unpaired) electrons. The Kier molecular flexibility index (Phi) is 4.59. The fourth-order valence-corrected chi connectivity index (χ4v) is 1.84. The first-order chi connectivity index (χ1) is 7.08. The van der Waals surface area contributed by atoms with Gasteiger partial charge in [-0.2, -0.15) is 0 Å². The third kappa shape index (κ3) is 4.81. The van der Waals surface area contributed by atoms with E-state index in [4.69, 9.17) is 0 Å². The predicted molar refractivity (Wildman–Crippen MR) is 56.2 cm³/mol. The normalized spacial score (nSPS) is 25.7. The number of hydrogen-bond donors (Lipinski definition) is 1. The number of amides is 1. The fraction of sp³-hybridized carbons (Fsp3) is 0.818. The van der Waals surface area contributed by atoms with Crippen LogP contribution in [0.2, 0.25) is 0 Å². The van der Waals surface area contributed by atoms with E-state index in [0.29, 0.717) is 0 Å². The van der Waals surface area contributed by atoms with Gasteiger partial charge in [0.15, 0.2) is 6.61 Å². The van der Waals surface area contributed by atoms with Gasteiger partial charge < -0.3 is 10.1 Å². The molecule has 1 fully saturated rings. The highest BCUT2D eigenvalue weighted by atomic mass is 16.5. The number of carbonyl (C=O) groups is 2. The van der Waals surface area contributed by atoms with Crippen LogP contribution in [0.4, 0.5) is 0 Å². The van der Waals surface area contributed by atoms with E-state index in [-0.39, 0.29) is 18.6 Å². The first-order valence-corrected chi connectivity index (χ1v) is 5.50. The molecule has 86 valence electrons. The van der Waals surface area contributed by atoms with Crippen LogP contribution in [0.25, 0.3) is 0 Å². The van der Waals surface area contributed by atoms with Crippen LogP contribution in [-0.2, 0) is 14.3 Å². The molecule has 0 aromatic carbocycles. The number of nitrogens with one attached hydrogen (secondary N) is 1. The lowest BCUT2D eigenvalue weighted by atomic mass is 9.87.